The Kier molecular flexibility index (Phi) is 12.1. The van der Waals surface area contributed by atoms with E-state index in [1.165, 1.54) is 0 Å². The molecule has 0 saturated heterocycles. The van der Waals surface area contributed by atoms with E-state index in [1.807, 2.05) is 58.0 Å². The number of carbonyl (C=O) groups excluding carboxylic acids is 4. The first-order valence-electron chi connectivity index (χ1n) is 11.4. The van der Waals surface area contributed by atoms with Crippen molar-refractivity contribution in [2.45, 2.75) is 78.1 Å². The largest absolute Gasteiger partial charge is 0.461 e. The molecule has 0 fully saturated rings. The zero-order chi connectivity index (χ0) is 25.0. The van der Waals surface area contributed by atoms with Crippen LogP contribution in [0.5, 0.6) is 0 Å². The topological polar surface area (TPSA) is 154 Å². The SMILES string of the molecule is CC[C@H](C)[C@H](NC(=O)[C@@H](N)CC(C)C)C(=O)N[C@@H](CCC(=O)OCc1ccccc1)C(N)=O. The second kappa shape index (κ2) is 14.3. The van der Waals surface area contributed by atoms with E-state index in [2.05, 4.69) is 10.6 Å². The van der Waals surface area contributed by atoms with E-state index >= 15 is 0 Å². The highest BCUT2D eigenvalue weighted by Crippen LogP contribution is 2.11. The van der Waals surface area contributed by atoms with E-state index in [0.29, 0.717) is 12.8 Å². The molecule has 0 radical (unpaired) electrons. The van der Waals surface area contributed by atoms with Gasteiger partial charge in [0.2, 0.25) is 17.7 Å². The van der Waals surface area contributed by atoms with Crippen LogP contribution >= 0.6 is 0 Å². The van der Waals surface area contributed by atoms with Crippen LogP contribution in [0.4, 0.5) is 0 Å². The lowest BCUT2D eigenvalue weighted by atomic mass is 9.96. The molecule has 0 aliphatic rings. The highest BCUT2D eigenvalue weighted by Gasteiger charge is 2.30. The normalized spacial score (nSPS) is 14.6. The van der Waals surface area contributed by atoms with Gasteiger partial charge in [0.15, 0.2) is 0 Å². The highest BCUT2D eigenvalue weighted by atomic mass is 16.5. The van der Waals surface area contributed by atoms with Gasteiger partial charge in [-0.05, 0) is 30.2 Å². The molecule has 1 aromatic carbocycles. The Morgan fingerprint density at radius 3 is 2.18 bits per heavy atom. The van der Waals surface area contributed by atoms with Crippen LogP contribution in [0.3, 0.4) is 0 Å². The zero-order valence-corrected chi connectivity index (χ0v) is 20.0. The van der Waals surface area contributed by atoms with Crippen LogP contribution in [-0.2, 0) is 30.5 Å². The molecule has 3 amide bonds. The lowest BCUT2D eigenvalue weighted by molar-refractivity contribution is -0.145. The van der Waals surface area contributed by atoms with Crippen molar-refractivity contribution in [1.82, 2.24) is 10.6 Å². The van der Waals surface area contributed by atoms with Crippen molar-refractivity contribution in [3.63, 3.8) is 0 Å². The van der Waals surface area contributed by atoms with Crippen molar-refractivity contribution < 1.29 is 23.9 Å². The molecule has 0 aliphatic heterocycles. The molecule has 9 heteroatoms. The number of benzene rings is 1. The first-order chi connectivity index (χ1) is 15.5. The Morgan fingerprint density at radius 2 is 1.64 bits per heavy atom. The molecule has 184 valence electrons. The molecule has 4 atom stereocenters. The molecule has 0 spiro atoms. The molecule has 0 bridgehead atoms. The van der Waals surface area contributed by atoms with Gasteiger partial charge in [0, 0.05) is 6.42 Å². The summed E-state index contributed by atoms with van der Waals surface area (Å²) in [5, 5.41) is 5.27. The van der Waals surface area contributed by atoms with Crippen LogP contribution in [0.25, 0.3) is 0 Å². The molecule has 6 N–H and O–H groups in total. The first-order valence-corrected chi connectivity index (χ1v) is 11.4. The summed E-state index contributed by atoms with van der Waals surface area (Å²) in [7, 11) is 0. The Bertz CT molecular complexity index is 784. The smallest absolute Gasteiger partial charge is 0.306 e. The summed E-state index contributed by atoms with van der Waals surface area (Å²) in [4.78, 5) is 49.3. The van der Waals surface area contributed by atoms with E-state index in [9.17, 15) is 19.2 Å². The third kappa shape index (κ3) is 10.5. The Labute approximate surface area is 196 Å². The molecular formula is C24H38N4O5. The van der Waals surface area contributed by atoms with Crippen LogP contribution in [-0.4, -0.2) is 41.8 Å². The number of hydrogen-bond donors (Lipinski definition) is 4. The number of carbonyl (C=O) groups is 4. The van der Waals surface area contributed by atoms with Gasteiger partial charge in [0.05, 0.1) is 6.04 Å². The van der Waals surface area contributed by atoms with Gasteiger partial charge in [-0.15, -0.1) is 0 Å². The Morgan fingerprint density at radius 1 is 1.00 bits per heavy atom. The molecule has 33 heavy (non-hydrogen) atoms. The maximum atomic E-state index is 12.9. The average Bonchev–Trinajstić information content (AvgIpc) is 2.77. The van der Waals surface area contributed by atoms with Crippen LogP contribution < -0.4 is 22.1 Å². The number of rotatable bonds is 14. The summed E-state index contributed by atoms with van der Waals surface area (Å²) in [6.45, 7) is 7.73. The number of primary amides is 1. The highest BCUT2D eigenvalue weighted by molar-refractivity contribution is 5.93. The number of amides is 3. The molecule has 0 saturated carbocycles. The minimum absolute atomic E-state index is 0.0112. The first kappa shape index (κ1) is 28.1. The summed E-state index contributed by atoms with van der Waals surface area (Å²) in [6.07, 6.45) is 0.990. The lowest BCUT2D eigenvalue weighted by Gasteiger charge is -2.27. The van der Waals surface area contributed by atoms with Gasteiger partial charge in [-0.25, -0.2) is 0 Å². The molecule has 0 aromatic heterocycles. The summed E-state index contributed by atoms with van der Waals surface area (Å²) in [5.74, 6) is -2.23. The standard InChI is InChI=1S/C24H38N4O5/c1-5-16(4)21(28-23(31)18(25)13-15(2)3)24(32)27-19(22(26)30)11-12-20(29)33-14-17-9-7-6-8-10-17/h6-10,15-16,18-19,21H,5,11-14,25H2,1-4H3,(H2,26,30)(H,27,32)(H,28,31)/t16-,18-,19-,21-/m0/s1. The van der Waals surface area contributed by atoms with Gasteiger partial charge in [-0.1, -0.05) is 64.4 Å². The van der Waals surface area contributed by atoms with Gasteiger partial charge in [0.1, 0.15) is 18.7 Å². The van der Waals surface area contributed by atoms with E-state index in [4.69, 9.17) is 16.2 Å². The second-order valence-corrected chi connectivity index (χ2v) is 8.76. The van der Waals surface area contributed by atoms with Crippen molar-refractivity contribution in [3.8, 4) is 0 Å². The number of hydrogen-bond acceptors (Lipinski definition) is 6. The van der Waals surface area contributed by atoms with Crippen LogP contribution in [0.1, 0.15) is 58.9 Å². The molecule has 0 aliphatic carbocycles. The van der Waals surface area contributed by atoms with Crippen LogP contribution in [0.15, 0.2) is 30.3 Å². The third-order valence-corrected chi connectivity index (χ3v) is 5.40. The summed E-state index contributed by atoms with van der Waals surface area (Å²) in [6, 6.07) is 6.50. The zero-order valence-electron chi connectivity index (χ0n) is 20.0. The van der Waals surface area contributed by atoms with Crippen LogP contribution in [0, 0.1) is 11.8 Å². The monoisotopic (exact) mass is 462 g/mol. The third-order valence-electron chi connectivity index (χ3n) is 5.40. The number of nitrogens with two attached hydrogens (primary N) is 2. The van der Waals surface area contributed by atoms with E-state index in [-0.39, 0.29) is 31.3 Å². The van der Waals surface area contributed by atoms with Crippen LogP contribution in [0.2, 0.25) is 0 Å². The molecule has 0 unspecified atom stereocenters. The quantitative estimate of drug-likeness (QED) is 0.306. The van der Waals surface area contributed by atoms with Crippen molar-refractivity contribution in [2.75, 3.05) is 0 Å². The van der Waals surface area contributed by atoms with Gasteiger partial charge >= 0.3 is 5.97 Å². The van der Waals surface area contributed by atoms with Crippen molar-refractivity contribution in [3.05, 3.63) is 35.9 Å². The predicted molar refractivity (Wildman–Crippen MR) is 125 cm³/mol. The van der Waals surface area contributed by atoms with E-state index < -0.39 is 41.8 Å². The maximum absolute atomic E-state index is 12.9. The van der Waals surface area contributed by atoms with Gasteiger partial charge in [-0.2, -0.15) is 0 Å². The predicted octanol–water partition coefficient (Wildman–Crippen LogP) is 1.38. The minimum Gasteiger partial charge on any atom is -0.461 e. The van der Waals surface area contributed by atoms with Gasteiger partial charge in [0.25, 0.3) is 0 Å². The lowest BCUT2D eigenvalue weighted by Crippen LogP contribution is -2.57. The maximum Gasteiger partial charge on any atom is 0.306 e. The Balaban J connectivity index is 2.69. The Hall–Kier alpha value is -2.94. The molecule has 9 nitrogen and oxygen atoms in total. The second-order valence-electron chi connectivity index (χ2n) is 8.76. The van der Waals surface area contributed by atoms with E-state index in [1.54, 1.807) is 0 Å². The van der Waals surface area contributed by atoms with Crippen molar-refractivity contribution in [2.24, 2.45) is 23.3 Å². The number of nitrogens with one attached hydrogen (secondary N) is 2. The summed E-state index contributed by atoms with van der Waals surface area (Å²) >= 11 is 0. The molecular weight excluding hydrogens is 424 g/mol. The van der Waals surface area contributed by atoms with Crippen molar-refractivity contribution in [1.29, 1.82) is 0 Å². The molecule has 1 rings (SSSR count). The van der Waals surface area contributed by atoms with Gasteiger partial charge < -0.3 is 26.8 Å². The summed E-state index contributed by atoms with van der Waals surface area (Å²) < 4.78 is 5.20. The van der Waals surface area contributed by atoms with Crippen molar-refractivity contribution >= 4 is 23.7 Å². The summed E-state index contributed by atoms with van der Waals surface area (Å²) in [5.41, 5.74) is 12.2. The molecule has 0 heterocycles. The molecule has 1 aromatic rings. The number of ether oxygens (including phenoxy) is 1. The average molecular weight is 463 g/mol. The number of esters is 1. The fourth-order valence-electron chi connectivity index (χ4n) is 3.20. The van der Waals surface area contributed by atoms with Gasteiger partial charge in [-0.3, -0.25) is 19.2 Å². The minimum atomic E-state index is -1.07. The fourth-order valence-corrected chi connectivity index (χ4v) is 3.20. The fraction of sp³-hybridized carbons (Fsp3) is 0.583. The van der Waals surface area contributed by atoms with E-state index in [0.717, 1.165) is 5.56 Å².